The van der Waals surface area contributed by atoms with Crippen LogP contribution in [0.2, 0.25) is 10.0 Å². The Morgan fingerprint density at radius 2 is 1.77 bits per heavy atom. The lowest BCUT2D eigenvalue weighted by molar-refractivity contribution is -0.111. The maximum atomic E-state index is 12.3. The highest BCUT2D eigenvalue weighted by Gasteiger charge is 2.14. The molecule has 1 amide bonds. The first kappa shape index (κ1) is 20.3. The number of rotatable bonds is 5. The minimum Gasteiger partial charge on any atom is -0.376 e. The third kappa shape index (κ3) is 4.98. The lowest BCUT2D eigenvalue weighted by Crippen LogP contribution is -2.17. The predicted octanol–water partition coefficient (Wildman–Crippen LogP) is 3.36. The van der Waals surface area contributed by atoms with E-state index in [1.807, 2.05) is 0 Å². The van der Waals surface area contributed by atoms with E-state index in [0.29, 0.717) is 27.0 Å². The van der Waals surface area contributed by atoms with Crippen LogP contribution in [0.4, 0.5) is 11.4 Å². The van der Waals surface area contributed by atoms with E-state index in [4.69, 9.17) is 28.3 Å². The van der Waals surface area contributed by atoms with Crippen LogP contribution in [0.1, 0.15) is 5.56 Å². The van der Waals surface area contributed by atoms with Gasteiger partial charge in [0.25, 0.3) is 0 Å². The Morgan fingerprint density at radius 3 is 2.31 bits per heavy atom. The summed E-state index contributed by atoms with van der Waals surface area (Å²) in [5.74, 6) is -0.476. The zero-order valence-corrected chi connectivity index (χ0v) is 16.4. The van der Waals surface area contributed by atoms with Crippen LogP contribution in [-0.4, -0.2) is 28.4 Å². The zero-order valence-electron chi connectivity index (χ0n) is 14.0. The highest BCUT2D eigenvalue weighted by atomic mass is 35.5. The van der Waals surface area contributed by atoms with E-state index in [1.165, 1.54) is 24.3 Å². The summed E-state index contributed by atoms with van der Waals surface area (Å²) < 4.78 is 23.1. The summed E-state index contributed by atoms with van der Waals surface area (Å²) in [4.78, 5) is 13.9. The summed E-state index contributed by atoms with van der Waals surface area (Å²) in [5.41, 5.74) is 1.44. The van der Waals surface area contributed by atoms with Crippen LogP contribution in [-0.2, 0) is 14.8 Å². The molecule has 2 aromatic carbocycles. The Labute approximate surface area is 162 Å². The molecule has 26 heavy (non-hydrogen) atoms. The smallest absolute Gasteiger partial charge is 0.248 e. The number of nitrogens with two attached hydrogens (primary N) is 1. The van der Waals surface area contributed by atoms with Gasteiger partial charge in [0.1, 0.15) is 0 Å². The van der Waals surface area contributed by atoms with Crippen molar-refractivity contribution in [2.75, 3.05) is 24.3 Å². The molecule has 0 fully saturated rings. The largest absolute Gasteiger partial charge is 0.376 e. The van der Waals surface area contributed by atoms with Gasteiger partial charge in [-0.15, -0.1) is 0 Å². The van der Waals surface area contributed by atoms with Gasteiger partial charge in [-0.05, 0) is 36.4 Å². The van der Waals surface area contributed by atoms with Crippen molar-refractivity contribution in [3.63, 3.8) is 0 Å². The molecule has 138 valence electrons. The molecule has 3 N–H and O–H groups in total. The molecule has 0 aromatic heterocycles. The molecule has 2 aromatic rings. The maximum Gasteiger partial charge on any atom is 0.248 e. The molecule has 0 aliphatic carbocycles. The highest BCUT2D eigenvalue weighted by Crippen LogP contribution is 2.28. The van der Waals surface area contributed by atoms with Crippen LogP contribution in [0.3, 0.4) is 0 Å². The first-order chi connectivity index (χ1) is 12.1. The fourth-order valence-corrected chi connectivity index (χ4v) is 3.25. The second-order valence-corrected chi connectivity index (χ2v) is 7.95. The average molecular weight is 414 g/mol. The van der Waals surface area contributed by atoms with Crippen LogP contribution in [0.15, 0.2) is 47.4 Å². The second kappa shape index (κ2) is 8.09. The summed E-state index contributed by atoms with van der Waals surface area (Å²) in [6.45, 7) is 0. The summed E-state index contributed by atoms with van der Waals surface area (Å²) in [6.07, 6.45) is 2.75. The Kier molecular flexibility index (Phi) is 6.30. The molecule has 0 aliphatic heterocycles. The molecule has 0 radical (unpaired) electrons. The molecule has 9 heteroatoms. The van der Waals surface area contributed by atoms with Gasteiger partial charge < -0.3 is 10.2 Å². The van der Waals surface area contributed by atoms with E-state index < -0.39 is 15.9 Å². The number of benzene rings is 2. The van der Waals surface area contributed by atoms with Crippen molar-refractivity contribution in [1.29, 1.82) is 0 Å². The number of hydrogen-bond donors (Lipinski definition) is 2. The Morgan fingerprint density at radius 1 is 1.15 bits per heavy atom. The monoisotopic (exact) mass is 413 g/mol. The number of nitrogens with zero attached hydrogens (tertiary/aromatic N) is 1. The molecule has 0 atom stereocenters. The van der Waals surface area contributed by atoms with Crippen molar-refractivity contribution in [2.24, 2.45) is 5.14 Å². The number of hydrogen-bond acceptors (Lipinski definition) is 4. The SMILES string of the molecule is CN(C)c1ccc(S(N)(=O)=O)cc1NC(=O)/C=C/c1c(Cl)cccc1Cl. The van der Waals surface area contributed by atoms with Crippen molar-refractivity contribution in [3.05, 3.63) is 58.1 Å². The number of halogens is 2. The summed E-state index contributed by atoms with van der Waals surface area (Å²) in [6, 6.07) is 9.25. The van der Waals surface area contributed by atoms with Crippen molar-refractivity contribution >= 4 is 56.6 Å². The van der Waals surface area contributed by atoms with Gasteiger partial charge >= 0.3 is 0 Å². The number of amides is 1. The Bertz CT molecular complexity index is 953. The number of sulfonamides is 1. The molecular weight excluding hydrogens is 397 g/mol. The number of anilines is 2. The molecule has 2 rings (SSSR count). The third-order valence-electron chi connectivity index (χ3n) is 3.44. The van der Waals surface area contributed by atoms with Gasteiger partial charge in [0.05, 0.1) is 16.3 Å². The van der Waals surface area contributed by atoms with Gasteiger partial charge in [0.15, 0.2) is 0 Å². The van der Waals surface area contributed by atoms with Crippen LogP contribution in [0.25, 0.3) is 6.08 Å². The van der Waals surface area contributed by atoms with Gasteiger partial charge in [-0.25, -0.2) is 13.6 Å². The second-order valence-electron chi connectivity index (χ2n) is 5.58. The van der Waals surface area contributed by atoms with E-state index in [1.54, 1.807) is 43.3 Å². The van der Waals surface area contributed by atoms with Crippen LogP contribution >= 0.6 is 23.2 Å². The van der Waals surface area contributed by atoms with Crippen molar-refractivity contribution in [2.45, 2.75) is 4.90 Å². The number of nitrogens with one attached hydrogen (secondary N) is 1. The molecule has 0 aliphatic rings. The van der Waals surface area contributed by atoms with Crippen molar-refractivity contribution in [1.82, 2.24) is 0 Å². The normalized spacial score (nSPS) is 11.6. The quantitative estimate of drug-likeness (QED) is 0.734. The molecule has 0 heterocycles. The lowest BCUT2D eigenvalue weighted by atomic mass is 10.2. The highest BCUT2D eigenvalue weighted by molar-refractivity contribution is 7.89. The van der Waals surface area contributed by atoms with Crippen LogP contribution < -0.4 is 15.4 Å². The Balaban J connectivity index is 2.32. The zero-order chi connectivity index (χ0) is 19.5. The molecular formula is C17H17Cl2N3O3S. The van der Waals surface area contributed by atoms with Crippen LogP contribution in [0.5, 0.6) is 0 Å². The topological polar surface area (TPSA) is 92.5 Å². The minimum atomic E-state index is -3.89. The lowest BCUT2D eigenvalue weighted by Gasteiger charge is -2.18. The molecule has 0 bridgehead atoms. The molecule has 6 nitrogen and oxygen atoms in total. The van der Waals surface area contributed by atoms with Crippen molar-refractivity contribution in [3.8, 4) is 0 Å². The summed E-state index contributed by atoms with van der Waals surface area (Å²) >= 11 is 12.1. The van der Waals surface area contributed by atoms with Gasteiger partial charge in [-0.2, -0.15) is 0 Å². The van der Waals surface area contributed by atoms with E-state index in [2.05, 4.69) is 5.32 Å². The molecule has 0 saturated heterocycles. The maximum absolute atomic E-state index is 12.3. The van der Waals surface area contributed by atoms with Gasteiger partial charge in [0.2, 0.25) is 15.9 Å². The third-order valence-corrected chi connectivity index (χ3v) is 5.01. The van der Waals surface area contributed by atoms with E-state index >= 15 is 0 Å². The standard InChI is InChI=1S/C17H17Cl2N3O3S/c1-22(2)16-8-6-11(26(20,24)25)10-15(16)21-17(23)9-7-12-13(18)4-3-5-14(12)19/h3-10H,1-2H3,(H,21,23)(H2,20,24,25)/b9-7+. The number of carbonyl (C=O) groups excluding carboxylic acids is 1. The summed E-state index contributed by atoms with van der Waals surface area (Å²) in [5, 5.41) is 8.61. The number of primary sulfonamides is 1. The van der Waals surface area contributed by atoms with Crippen LogP contribution in [0, 0.1) is 0 Å². The van der Waals surface area contributed by atoms with E-state index in [0.717, 1.165) is 0 Å². The fraction of sp³-hybridized carbons (Fsp3) is 0.118. The van der Waals surface area contributed by atoms with Gasteiger partial charge in [-0.3, -0.25) is 4.79 Å². The van der Waals surface area contributed by atoms with Gasteiger partial charge in [0, 0.05) is 35.8 Å². The van der Waals surface area contributed by atoms with Gasteiger partial charge in [-0.1, -0.05) is 29.3 Å². The average Bonchev–Trinajstić information content (AvgIpc) is 2.53. The molecule has 0 saturated carbocycles. The predicted molar refractivity (Wildman–Crippen MR) is 106 cm³/mol. The minimum absolute atomic E-state index is 0.100. The first-order valence-corrected chi connectivity index (χ1v) is 9.67. The molecule has 0 spiro atoms. The fourth-order valence-electron chi connectivity index (χ4n) is 2.19. The van der Waals surface area contributed by atoms with E-state index in [9.17, 15) is 13.2 Å². The first-order valence-electron chi connectivity index (χ1n) is 7.37. The van der Waals surface area contributed by atoms with E-state index in [-0.39, 0.29) is 4.90 Å². The summed E-state index contributed by atoms with van der Waals surface area (Å²) in [7, 11) is -0.363. The number of carbonyl (C=O) groups is 1. The van der Waals surface area contributed by atoms with Crippen molar-refractivity contribution < 1.29 is 13.2 Å². The molecule has 0 unspecified atom stereocenters. The Hall–Kier alpha value is -2.06.